The average molecular weight is 184 g/mol. The first-order valence-corrected chi connectivity index (χ1v) is 4.58. The van der Waals surface area contributed by atoms with Crippen LogP contribution < -0.4 is 5.32 Å². The average Bonchev–Trinajstić information content (AvgIpc) is 1.98. The fourth-order valence-electron chi connectivity index (χ4n) is 1.25. The van der Waals surface area contributed by atoms with Crippen LogP contribution in [0.3, 0.4) is 0 Å². The molecule has 0 fully saturated rings. The molecule has 0 aliphatic heterocycles. The number of amides is 1. The second kappa shape index (κ2) is 4.86. The predicted molar refractivity (Wildman–Crippen MR) is 54.0 cm³/mol. The maximum Gasteiger partial charge on any atom is 0.234 e. The van der Waals surface area contributed by atoms with Gasteiger partial charge < -0.3 is 5.32 Å². The zero-order chi connectivity index (χ0) is 10.5. The van der Waals surface area contributed by atoms with Gasteiger partial charge >= 0.3 is 0 Å². The molecule has 0 aliphatic rings. The van der Waals surface area contributed by atoms with E-state index in [2.05, 4.69) is 26.1 Å². The molecule has 0 saturated carbocycles. The van der Waals surface area contributed by atoms with Crippen molar-refractivity contribution in [2.45, 2.75) is 46.6 Å². The molecule has 0 saturated heterocycles. The highest BCUT2D eigenvalue weighted by atomic mass is 16.1. The third kappa shape index (κ3) is 4.51. The van der Waals surface area contributed by atoms with Gasteiger partial charge in [0.1, 0.15) is 6.42 Å². The van der Waals surface area contributed by atoms with E-state index in [1.54, 1.807) is 0 Å². The minimum absolute atomic E-state index is 0. The van der Waals surface area contributed by atoms with Gasteiger partial charge in [-0.2, -0.15) is 5.26 Å². The molecule has 3 nitrogen and oxygen atoms in total. The summed E-state index contributed by atoms with van der Waals surface area (Å²) in [7, 11) is 0. The van der Waals surface area contributed by atoms with Crippen LogP contribution in [-0.4, -0.2) is 11.9 Å². The summed E-state index contributed by atoms with van der Waals surface area (Å²) in [5, 5.41) is 11.2. The molecule has 0 unspecified atom stereocenters. The van der Waals surface area contributed by atoms with Gasteiger partial charge in [-0.1, -0.05) is 27.7 Å². The van der Waals surface area contributed by atoms with Gasteiger partial charge in [0, 0.05) is 7.47 Å². The van der Waals surface area contributed by atoms with Gasteiger partial charge in [0.05, 0.1) is 6.07 Å². The van der Waals surface area contributed by atoms with Crippen molar-refractivity contribution in [3.05, 3.63) is 0 Å². The van der Waals surface area contributed by atoms with E-state index in [0.29, 0.717) is 0 Å². The highest BCUT2D eigenvalue weighted by Crippen LogP contribution is 2.21. The van der Waals surface area contributed by atoms with Crippen LogP contribution in [0.2, 0.25) is 0 Å². The molecular weight excluding hydrogens is 164 g/mol. The molecule has 13 heavy (non-hydrogen) atoms. The number of carbonyl (C=O) groups excluding carboxylic acids is 1. The van der Waals surface area contributed by atoms with Gasteiger partial charge in [-0.3, -0.25) is 4.79 Å². The summed E-state index contributed by atoms with van der Waals surface area (Å²) >= 11 is 0. The van der Waals surface area contributed by atoms with E-state index in [1.807, 2.05) is 13.0 Å². The van der Waals surface area contributed by atoms with Crippen LogP contribution in [0.1, 0.15) is 42.0 Å². The molecule has 1 N–H and O–H groups in total. The summed E-state index contributed by atoms with van der Waals surface area (Å²) in [4.78, 5) is 11.1. The van der Waals surface area contributed by atoms with Crippen LogP contribution in [0.25, 0.3) is 0 Å². The second-order valence-corrected chi connectivity index (χ2v) is 4.23. The SMILES string of the molecule is CC[C@@H](NC(=O)CC#N)C(C)(C)C.[HH]. The minimum Gasteiger partial charge on any atom is -0.352 e. The van der Waals surface area contributed by atoms with E-state index in [1.165, 1.54) is 0 Å². The van der Waals surface area contributed by atoms with Crippen molar-refractivity contribution in [1.29, 1.82) is 5.26 Å². The van der Waals surface area contributed by atoms with Crippen LogP contribution in [0.5, 0.6) is 0 Å². The van der Waals surface area contributed by atoms with Crippen molar-refractivity contribution in [2.75, 3.05) is 0 Å². The Balaban J connectivity index is 0. The molecule has 0 bridgehead atoms. The second-order valence-electron chi connectivity index (χ2n) is 4.23. The third-order valence-electron chi connectivity index (χ3n) is 2.03. The van der Waals surface area contributed by atoms with Crippen molar-refractivity contribution in [3.8, 4) is 6.07 Å². The lowest BCUT2D eigenvalue weighted by Gasteiger charge is -2.30. The molecule has 0 aromatic heterocycles. The number of nitriles is 1. The first-order chi connectivity index (χ1) is 5.91. The Hall–Kier alpha value is -1.04. The topological polar surface area (TPSA) is 52.9 Å². The molecule has 3 heteroatoms. The van der Waals surface area contributed by atoms with Crippen molar-refractivity contribution < 1.29 is 6.22 Å². The Labute approximate surface area is 81.6 Å². The van der Waals surface area contributed by atoms with E-state index in [-0.39, 0.29) is 25.2 Å². The van der Waals surface area contributed by atoms with E-state index >= 15 is 0 Å². The summed E-state index contributed by atoms with van der Waals surface area (Å²) in [6.45, 7) is 8.26. The van der Waals surface area contributed by atoms with Gasteiger partial charge in [0.25, 0.3) is 0 Å². The summed E-state index contributed by atoms with van der Waals surface area (Å²) < 4.78 is 0. The van der Waals surface area contributed by atoms with Crippen molar-refractivity contribution in [3.63, 3.8) is 0 Å². The molecule has 0 aliphatic carbocycles. The fourth-order valence-corrected chi connectivity index (χ4v) is 1.25. The Morgan fingerprint density at radius 2 is 2.15 bits per heavy atom. The normalized spacial score (nSPS) is 13.2. The van der Waals surface area contributed by atoms with Gasteiger partial charge in [-0.05, 0) is 11.8 Å². The lowest BCUT2D eigenvalue weighted by molar-refractivity contribution is -0.121. The van der Waals surface area contributed by atoms with Crippen LogP contribution in [0.4, 0.5) is 0 Å². The van der Waals surface area contributed by atoms with Crippen molar-refractivity contribution in [1.82, 2.24) is 5.32 Å². The third-order valence-corrected chi connectivity index (χ3v) is 2.03. The first-order valence-electron chi connectivity index (χ1n) is 4.58. The maximum atomic E-state index is 11.1. The highest BCUT2D eigenvalue weighted by molar-refractivity contribution is 5.78. The molecule has 1 amide bonds. The summed E-state index contributed by atoms with van der Waals surface area (Å²) in [6, 6.07) is 1.98. The summed E-state index contributed by atoms with van der Waals surface area (Å²) in [5.41, 5.74) is 0.0554. The van der Waals surface area contributed by atoms with Crippen molar-refractivity contribution in [2.24, 2.45) is 5.41 Å². The maximum absolute atomic E-state index is 11.1. The zero-order valence-electron chi connectivity index (χ0n) is 8.85. The number of hydrogen-bond acceptors (Lipinski definition) is 2. The number of nitrogens with one attached hydrogen (secondary N) is 1. The van der Waals surface area contributed by atoms with Crippen LogP contribution in [-0.2, 0) is 4.79 Å². The monoisotopic (exact) mass is 184 g/mol. The van der Waals surface area contributed by atoms with Gasteiger partial charge in [-0.25, -0.2) is 0 Å². The van der Waals surface area contributed by atoms with Gasteiger partial charge in [-0.15, -0.1) is 0 Å². The van der Waals surface area contributed by atoms with Crippen LogP contribution >= 0.6 is 0 Å². The minimum atomic E-state index is -0.177. The lowest BCUT2D eigenvalue weighted by atomic mass is 9.85. The van der Waals surface area contributed by atoms with E-state index in [4.69, 9.17) is 5.26 Å². The Morgan fingerprint density at radius 3 is 2.46 bits per heavy atom. The molecule has 0 radical (unpaired) electrons. The zero-order valence-corrected chi connectivity index (χ0v) is 8.85. The number of rotatable bonds is 3. The fraction of sp³-hybridized carbons (Fsp3) is 0.800. The van der Waals surface area contributed by atoms with E-state index in [9.17, 15) is 4.79 Å². The van der Waals surface area contributed by atoms with E-state index in [0.717, 1.165) is 6.42 Å². The largest absolute Gasteiger partial charge is 0.352 e. The van der Waals surface area contributed by atoms with Crippen molar-refractivity contribution >= 4 is 5.91 Å². The standard InChI is InChI=1S/C10H18N2O.H2/c1-5-8(10(2,3)4)12-9(13)6-7-11;/h8H,5-6H2,1-4H3,(H,12,13);1H/t8-;/m1./s1. The summed E-state index contributed by atoms with van der Waals surface area (Å²) in [5.74, 6) is -0.177. The number of hydrogen-bond donors (Lipinski definition) is 1. The Bertz CT molecular complexity index is 215. The molecule has 0 rings (SSSR count). The molecule has 76 valence electrons. The molecule has 0 heterocycles. The molecule has 0 aromatic carbocycles. The highest BCUT2D eigenvalue weighted by Gasteiger charge is 2.23. The molecule has 0 spiro atoms. The van der Waals surface area contributed by atoms with Crippen LogP contribution in [0, 0.1) is 16.7 Å². The smallest absolute Gasteiger partial charge is 0.234 e. The summed E-state index contributed by atoms with van der Waals surface area (Å²) in [6.07, 6.45) is 0.841. The predicted octanol–water partition coefficient (Wildman–Crippen LogP) is 2.09. The van der Waals surface area contributed by atoms with Gasteiger partial charge in [0.15, 0.2) is 0 Å². The number of nitrogens with zero attached hydrogens (tertiary/aromatic N) is 1. The Morgan fingerprint density at radius 1 is 1.62 bits per heavy atom. The number of carbonyl (C=O) groups is 1. The Kier molecular flexibility index (Phi) is 4.47. The lowest BCUT2D eigenvalue weighted by Crippen LogP contribution is -2.43. The molecule has 0 aromatic rings. The van der Waals surface area contributed by atoms with Crippen LogP contribution in [0.15, 0.2) is 0 Å². The molecule has 1 atom stereocenters. The van der Waals surface area contributed by atoms with E-state index < -0.39 is 0 Å². The molecular formula is C10H20N2O. The van der Waals surface area contributed by atoms with Gasteiger partial charge in [0.2, 0.25) is 5.91 Å². The quantitative estimate of drug-likeness (QED) is 0.730. The first kappa shape index (κ1) is 12.0.